The number of hydrogen-bond acceptors (Lipinski definition) is 11. The molecule has 2 unspecified atom stereocenters. The third kappa shape index (κ3) is 3.61. The number of nitrogens with zero attached hydrogens (tertiary/aromatic N) is 5. The number of nitrogens with one attached hydrogen (secondary N) is 2. The fourth-order valence-corrected chi connectivity index (χ4v) is 7.02. The molecule has 2 aromatic rings. The number of rotatable bonds is 5. The van der Waals surface area contributed by atoms with Gasteiger partial charge in [0.2, 0.25) is 5.79 Å². The normalized spacial score (nSPS) is 29.1. The van der Waals surface area contributed by atoms with Gasteiger partial charge in [0.15, 0.2) is 17.6 Å². The maximum absolute atomic E-state index is 13.4. The Kier molecular flexibility index (Phi) is 5.72. The van der Waals surface area contributed by atoms with E-state index in [-0.39, 0.29) is 31.6 Å². The quantitative estimate of drug-likeness (QED) is 0.180. The summed E-state index contributed by atoms with van der Waals surface area (Å²) in [7, 11) is 0. The highest BCUT2D eigenvalue weighted by Crippen LogP contribution is 2.45. The summed E-state index contributed by atoms with van der Waals surface area (Å²) in [5, 5.41) is 29.2. The largest absolute Gasteiger partial charge is 0.370 e. The number of guanidine groups is 2. The maximum Gasteiger partial charge on any atom is 0.331 e. The Morgan fingerprint density at radius 2 is 1.86 bits per heavy atom. The molecule has 2 saturated heterocycles. The van der Waals surface area contributed by atoms with E-state index in [1.54, 1.807) is 30.3 Å². The lowest BCUT2D eigenvalue weighted by Crippen LogP contribution is -2.78. The number of amides is 4. The molecule has 0 aromatic heterocycles. The summed E-state index contributed by atoms with van der Waals surface area (Å²) < 4.78 is 0. The van der Waals surface area contributed by atoms with Gasteiger partial charge in [-0.2, -0.15) is 0 Å². The molecule has 5 aliphatic rings. The van der Waals surface area contributed by atoms with Crippen molar-refractivity contribution in [3.63, 3.8) is 0 Å². The molecule has 42 heavy (non-hydrogen) atoms. The highest BCUT2D eigenvalue weighted by molar-refractivity contribution is 6.12. The summed E-state index contributed by atoms with van der Waals surface area (Å²) in [5.74, 6) is -3.68. The molecule has 4 amide bonds. The second kappa shape index (κ2) is 9.16. The molecule has 218 valence electrons. The summed E-state index contributed by atoms with van der Waals surface area (Å²) in [4.78, 5) is 52.5. The number of anilines is 1. The van der Waals surface area contributed by atoms with E-state index >= 15 is 0 Å². The fraction of sp³-hybridized carbons (Fsp3) is 0.393. The van der Waals surface area contributed by atoms with Gasteiger partial charge in [0.25, 0.3) is 11.8 Å². The Labute approximate surface area is 240 Å². The summed E-state index contributed by atoms with van der Waals surface area (Å²) in [6.45, 7) is -0.475. The van der Waals surface area contributed by atoms with Crippen LogP contribution in [0, 0.1) is 0 Å². The number of hydrogen-bond donors (Lipinski definition) is 6. The highest BCUT2D eigenvalue weighted by atomic mass is 16.5. The molecule has 7 rings (SSSR count). The average molecular weight is 574 g/mol. The Balaban J connectivity index is 1.17. The van der Waals surface area contributed by atoms with Crippen molar-refractivity contribution in [2.24, 2.45) is 21.5 Å². The topological polar surface area (TPSA) is 202 Å². The van der Waals surface area contributed by atoms with Crippen molar-refractivity contribution in [2.45, 2.75) is 48.8 Å². The van der Waals surface area contributed by atoms with Crippen LogP contribution in [-0.4, -0.2) is 99.0 Å². The maximum atomic E-state index is 13.4. The number of urea groups is 1. The van der Waals surface area contributed by atoms with E-state index in [1.165, 1.54) is 9.80 Å². The summed E-state index contributed by atoms with van der Waals surface area (Å²) in [6, 6.07) is 10.6. The van der Waals surface area contributed by atoms with Crippen LogP contribution in [-0.2, 0) is 17.6 Å². The summed E-state index contributed by atoms with van der Waals surface area (Å²) in [5.41, 5.74) is 13.8. The third-order valence-electron chi connectivity index (χ3n) is 8.99. The van der Waals surface area contributed by atoms with Gasteiger partial charge in [-0.3, -0.25) is 19.4 Å². The molecular weight excluding hydrogens is 542 g/mol. The van der Waals surface area contributed by atoms with Gasteiger partial charge in [-0.05, 0) is 48.6 Å². The average Bonchev–Trinajstić information content (AvgIpc) is 3.71. The van der Waals surface area contributed by atoms with Crippen LogP contribution in [0.5, 0.6) is 0 Å². The van der Waals surface area contributed by atoms with Crippen LogP contribution in [0.25, 0.3) is 0 Å². The number of para-hydroxylation sites is 1. The van der Waals surface area contributed by atoms with Crippen molar-refractivity contribution in [3.05, 3.63) is 65.2 Å². The fourth-order valence-electron chi connectivity index (χ4n) is 7.02. The van der Waals surface area contributed by atoms with Crippen molar-refractivity contribution in [1.82, 2.24) is 20.4 Å². The summed E-state index contributed by atoms with van der Waals surface area (Å²) in [6.07, 6.45) is 2.61. The number of fused-ring (bicyclic) bond motifs is 1. The SMILES string of the molecule is NC1=N[C@H]2C(CN3C(=O)CN(c4ccccc4)C3=O)N=C(N)N3CC(NC(=O)c4cccc5c4CCC5)C(O)(O)[C@]23N1. The monoisotopic (exact) mass is 573 g/mol. The van der Waals surface area contributed by atoms with Gasteiger partial charge in [0.05, 0.1) is 12.6 Å². The van der Waals surface area contributed by atoms with Crippen molar-refractivity contribution >= 4 is 35.5 Å². The van der Waals surface area contributed by atoms with E-state index < -0.39 is 47.4 Å². The molecule has 0 radical (unpaired) electrons. The molecule has 4 heterocycles. The highest BCUT2D eigenvalue weighted by Gasteiger charge is 2.73. The Morgan fingerprint density at radius 3 is 2.64 bits per heavy atom. The first-order valence-electron chi connectivity index (χ1n) is 13.9. The van der Waals surface area contributed by atoms with Gasteiger partial charge in [0, 0.05) is 17.8 Å². The third-order valence-corrected chi connectivity index (χ3v) is 8.99. The van der Waals surface area contributed by atoms with E-state index in [4.69, 9.17) is 11.5 Å². The predicted octanol–water partition coefficient (Wildman–Crippen LogP) is -1.58. The Bertz CT molecular complexity index is 1560. The first-order valence-corrected chi connectivity index (χ1v) is 13.9. The second-order valence-electron chi connectivity index (χ2n) is 11.3. The molecule has 1 spiro atoms. The number of carbonyl (C=O) groups is 3. The summed E-state index contributed by atoms with van der Waals surface area (Å²) >= 11 is 0. The molecule has 2 aromatic carbocycles. The van der Waals surface area contributed by atoms with Gasteiger partial charge in [-0.15, -0.1) is 0 Å². The van der Waals surface area contributed by atoms with Gasteiger partial charge < -0.3 is 37.2 Å². The predicted molar refractivity (Wildman–Crippen MR) is 151 cm³/mol. The first kappa shape index (κ1) is 26.2. The number of imide groups is 1. The zero-order valence-electron chi connectivity index (χ0n) is 22.6. The minimum Gasteiger partial charge on any atom is -0.370 e. The minimum atomic E-state index is -2.64. The standard InChI is InChI=1S/C28H31N9O5/c29-24-33-22-19(12-36-21(38)14-35(26(36)40)16-8-2-1-3-9-16)31-25(30)37-13-20(28(41,42)27(22,37)34-24)32-23(39)18-11-5-7-15-6-4-10-17(15)18/h1-3,5,7-9,11,19-20,22,41-42H,4,6,10,12-14H2,(H2,30,31)(H,32,39)(H3,29,33,34)/t19?,20?,22-,27-/m0/s1. The lowest BCUT2D eigenvalue weighted by Gasteiger charge is -2.49. The molecule has 2 fully saturated rings. The molecule has 14 heteroatoms. The smallest absolute Gasteiger partial charge is 0.331 e. The first-order chi connectivity index (χ1) is 20.1. The van der Waals surface area contributed by atoms with Crippen LogP contribution >= 0.6 is 0 Å². The number of aliphatic imine (C=N–C) groups is 2. The van der Waals surface area contributed by atoms with Crippen LogP contribution in [0.2, 0.25) is 0 Å². The van der Waals surface area contributed by atoms with Crippen molar-refractivity contribution in [3.8, 4) is 0 Å². The zero-order chi connectivity index (χ0) is 29.4. The van der Waals surface area contributed by atoms with Gasteiger partial charge in [-0.25, -0.2) is 14.8 Å². The molecule has 1 aliphatic carbocycles. The number of aliphatic hydroxyl groups is 2. The van der Waals surface area contributed by atoms with Gasteiger partial charge in [-0.1, -0.05) is 30.3 Å². The van der Waals surface area contributed by atoms with Crippen molar-refractivity contribution < 1.29 is 24.6 Å². The van der Waals surface area contributed by atoms with E-state index in [0.717, 1.165) is 35.3 Å². The lowest BCUT2D eigenvalue weighted by atomic mass is 9.84. The molecule has 14 nitrogen and oxygen atoms in total. The van der Waals surface area contributed by atoms with Crippen LogP contribution in [0.3, 0.4) is 0 Å². The van der Waals surface area contributed by atoms with Crippen molar-refractivity contribution in [2.75, 3.05) is 24.5 Å². The molecular formula is C28H31N9O5. The van der Waals surface area contributed by atoms with E-state index in [2.05, 4.69) is 20.6 Å². The number of aryl methyl sites for hydroxylation is 1. The van der Waals surface area contributed by atoms with Crippen molar-refractivity contribution in [1.29, 1.82) is 0 Å². The zero-order valence-corrected chi connectivity index (χ0v) is 22.6. The van der Waals surface area contributed by atoms with Crippen LogP contribution in [0.4, 0.5) is 10.5 Å². The molecule has 0 bridgehead atoms. The number of benzene rings is 2. The van der Waals surface area contributed by atoms with Gasteiger partial charge in [0.1, 0.15) is 18.6 Å². The lowest BCUT2D eigenvalue weighted by molar-refractivity contribution is -0.230. The van der Waals surface area contributed by atoms with E-state index in [1.807, 2.05) is 18.2 Å². The number of nitrogens with two attached hydrogens (primary N) is 2. The molecule has 4 aliphatic heterocycles. The molecule has 4 atom stereocenters. The number of carbonyl (C=O) groups excluding carboxylic acids is 3. The minimum absolute atomic E-state index is 0.0718. The van der Waals surface area contributed by atoms with E-state index in [9.17, 15) is 24.6 Å². The Hall–Kier alpha value is -4.69. The van der Waals surface area contributed by atoms with E-state index in [0.29, 0.717) is 11.3 Å². The van der Waals surface area contributed by atoms with Gasteiger partial charge >= 0.3 is 6.03 Å². The second-order valence-corrected chi connectivity index (χ2v) is 11.3. The Morgan fingerprint density at radius 1 is 1.07 bits per heavy atom. The van der Waals surface area contributed by atoms with Crippen LogP contribution in [0.15, 0.2) is 58.5 Å². The molecule has 0 saturated carbocycles. The van der Waals surface area contributed by atoms with Crippen LogP contribution < -0.4 is 27.0 Å². The molecule has 8 N–H and O–H groups in total. The van der Waals surface area contributed by atoms with Crippen LogP contribution in [0.1, 0.15) is 27.9 Å².